The predicted octanol–water partition coefficient (Wildman–Crippen LogP) is 4.51. The second kappa shape index (κ2) is 7.01. The Balaban J connectivity index is 1.71. The molecule has 0 aliphatic rings. The van der Waals surface area contributed by atoms with E-state index in [2.05, 4.69) is 15.5 Å². The van der Waals surface area contributed by atoms with Crippen LogP contribution in [0.5, 0.6) is 0 Å². The van der Waals surface area contributed by atoms with Crippen LogP contribution in [0, 0.1) is 17.1 Å². The number of anilines is 1. The Kier molecular flexibility index (Phi) is 4.61. The Morgan fingerprint density at radius 1 is 1.20 bits per heavy atom. The van der Waals surface area contributed by atoms with Gasteiger partial charge < -0.3 is 8.83 Å². The first-order valence-electron chi connectivity index (χ1n) is 7.62. The van der Waals surface area contributed by atoms with Crippen LogP contribution in [-0.2, 0) is 0 Å². The van der Waals surface area contributed by atoms with Gasteiger partial charge in [-0.15, -0.1) is 0 Å². The summed E-state index contributed by atoms with van der Waals surface area (Å²) < 4.78 is 24.0. The van der Waals surface area contributed by atoms with E-state index in [0.29, 0.717) is 17.4 Å². The van der Waals surface area contributed by atoms with Gasteiger partial charge in [0.2, 0.25) is 11.6 Å². The van der Waals surface area contributed by atoms with Gasteiger partial charge in [-0.3, -0.25) is 0 Å². The van der Waals surface area contributed by atoms with Gasteiger partial charge in [0.25, 0.3) is 5.88 Å². The topological polar surface area (TPSA) is 87.4 Å². The summed E-state index contributed by atoms with van der Waals surface area (Å²) in [5, 5.41) is 13.1. The summed E-state index contributed by atoms with van der Waals surface area (Å²) in [7, 11) is 0. The highest BCUT2D eigenvalue weighted by Gasteiger charge is 2.14. The fourth-order valence-electron chi connectivity index (χ4n) is 2.08. The van der Waals surface area contributed by atoms with E-state index < -0.39 is 0 Å². The van der Waals surface area contributed by atoms with Crippen LogP contribution in [0.15, 0.2) is 50.3 Å². The Bertz CT molecular complexity index is 933. The molecule has 0 spiro atoms. The zero-order chi connectivity index (χ0) is 17.8. The maximum Gasteiger partial charge on any atom is 0.252 e. The van der Waals surface area contributed by atoms with Crippen LogP contribution in [0.3, 0.4) is 0 Å². The van der Waals surface area contributed by atoms with E-state index in [1.54, 1.807) is 24.3 Å². The van der Waals surface area contributed by atoms with Gasteiger partial charge in [0.15, 0.2) is 0 Å². The molecule has 126 valence electrons. The van der Waals surface area contributed by atoms with Crippen LogP contribution in [0.25, 0.3) is 11.3 Å². The van der Waals surface area contributed by atoms with Crippen molar-refractivity contribution in [2.75, 3.05) is 5.43 Å². The van der Waals surface area contributed by atoms with Crippen LogP contribution in [0.4, 0.5) is 10.3 Å². The van der Waals surface area contributed by atoms with Gasteiger partial charge in [0.1, 0.15) is 23.4 Å². The minimum Gasteiger partial charge on any atom is -0.455 e. The molecule has 6 nitrogen and oxygen atoms in total. The number of hydrogen-bond acceptors (Lipinski definition) is 6. The Morgan fingerprint density at radius 2 is 1.96 bits per heavy atom. The Hall–Kier alpha value is -3.40. The SMILES string of the molecule is CC(C)c1nc(C#N)c(N/N=C/c2ccc(-c3ccc(F)cc3)o2)o1. The molecule has 2 heterocycles. The lowest BCUT2D eigenvalue weighted by molar-refractivity contribution is 0.481. The van der Waals surface area contributed by atoms with Crippen molar-refractivity contribution in [3.8, 4) is 17.4 Å². The van der Waals surface area contributed by atoms with E-state index >= 15 is 0 Å². The third-order valence-corrected chi connectivity index (χ3v) is 3.36. The molecule has 0 fully saturated rings. The van der Waals surface area contributed by atoms with Crippen LogP contribution in [-0.4, -0.2) is 11.2 Å². The molecule has 0 saturated heterocycles. The summed E-state index contributed by atoms with van der Waals surface area (Å²) in [6, 6.07) is 11.5. The molecule has 3 aromatic rings. The zero-order valence-corrected chi connectivity index (χ0v) is 13.7. The minimum atomic E-state index is -0.303. The van der Waals surface area contributed by atoms with Gasteiger partial charge in [-0.05, 0) is 36.4 Å². The molecule has 0 bridgehead atoms. The third kappa shape index (κ3) is 3.75. The number of nitrogens with zero attached hydrogens (tertiary/aromatic N) is 3. The molecular formula is C18H15FN4O2. The molecule has 1 N–H and O–H groups in total. The summed E-state index contributed by atoms with van der Waals surface area (Å²) in [5.74, 6) is 1.51. The average Bonchev–Trinajstić information content (AvgIpc) is 3.23. The molecule has 25 heavy (non-hydrogen) atoms. The van der Waals surface area contributed by atoms with Crippen molar-refractivity contribution in [3.63, 3.8) is 0 Å². The Morgan fingerprint density at radius 3 is 2.64 bits per heavy atom. The average molecular weight is 338 g/mol. The maximum absolute atomic E-state index is 13.0. The molecule has 2 aromatic heterocycles. The number of benzene rings is 1. The van der Waals surface area contributed by atoms with E-state index in [4.69, 9.17) is 14.1 Å². The van der Waals surface area contributed by atoms with E-state index in [-0.39, 0.29) is 23.3 Å². The molecular weight excluding hydrogens is 323 g/mol. The summed E-state index contributed by atoms with van der Waals surface area (Å²) in [6.45, 7) is 3.83. The molecule has 0 aliphatic carbocycles. The normalized spacial score (nSPS) is 11.2. The lowest BCUT2D eigenvalue weighted by Crippen LogP contribution is -1.90. The first kappa shape index (κ1) is 16.5. The largest absolute Gasteiger partial charge is 0.455 e. The van der Waals surface area contributed by atoms with E-state index in [1.807, 2.05) is 19.9 Å². The summed E-state index contributed by atoms with van der Waals surface area (Å²) in [4.78, 5) is 4.09. The van der Waals surface area contributed by atoms with Crippen molar-refractivity contribution < 1.29 is 13.2 Å². The second-order valence-electron chi connectivity index (χ2n) is 5.58. The number of furan rings is 1. The first-order chi connectivity index (χ1) is 12.1. The minimum absolute atomic E-state index is 0.0648. The number of halogens is 1. The van der Waals surface area contributed by atoms with E-state index in [1.165, 1.54) is 18.3 Å². The highest BCUT2D eigenvalue weighted by molar-refractivity contribution is 5.78. The first-order valence-corrected chi connectivity index (χ1v) is 7.62. The van der Waals surface area contributed by atoms with Crippen molar-refractivity contribution in [2.24, 2.45) is 5.10 Å². The van der Waals surface area contributed by atoms with Crippen LogP contribution in [0.2, 0.25) is 0 Å². The number of rotatable bonds is 5. The standard InChI is InChI=1S/C18H15FN4O2/c1-11(2)17-22-15(9-20)18(25-17)23-21-10-14-7-8-16(24-14)12-3-5-13(19)6-4-12/h3-8,10-11,23H,1-2H3/b21-10+. The lowest BCUT2D eigenvalue weighted by atomic mass is 10.2. The molecule has 1 aromatic carbocycles. The van der Waals surface area contributed by atoms with Gasteiger partial charge in [-0.1, -0.05) is 13.8 Å². The number of nitrogens with one attached hydrogen (secondary N) is 1. The smallest absolute Gasteiger partial charge is 0.252 e. The number of nitriles is 1. The zero-order valence-electron chi connectivity index (χ0n) is 13.7. The Labute approximate surface area is 143 Å². The van der Waals surface area contributed by atoms with Crippen molar-refractivity contribution >= 4 is 12.1 Å². The summed E-state index contributed by atoms with van der Waals surface area (Å²) >= 11 is 0. The number of hydrogen-bond donors (Lipinski definition) is 1. The fraction of sp³-hybridized carbons (Fsp3) is 0.167. The second-order valence-corrected chi connectivity index (χ2v) is 5.58. The molecule has 0 aliphatic heterocycles. The molecule has 0 amide bonds. The number of hydrazone groups is 1. The molecule has 0 saturated carbocycles. The van der Waals surface area contributed by atoms with Crippen LogP contribution < -0.4 is 5.43 Å². The lowest BCUT2D eigenvalue weighted by Gasteiger charge is -1.97. The molecule has 3 rings (SSSR count). The summed E-state index contributed by atoms with van der Waals surface area (Å²) in [6.07, 6.45) is 1.45. The van der Waals surface area contributed by atoms with Gasteiger partial charge in [0.05, 0.1) is 6.21 Å². The van der Waals surface area contributed by atoms with Crippen LogP contribution in [0.1, 0.15) is 37.1 Å². The number of oxazole rings is 1. The van der Waals surface area contributed by atoms with Crippen molar-refractivity contribution in [3.05, 3.63) is 59.6 Å². The van der Waals surface area contributed by atoms with Crippen molar-refractivity contribution in [2.45, 2.75) is 19.8 Å². The van der Waals surface area contributed by atoms with Gasteiger partial charge in [0, 0.05) is 11.5 Å². The predicted molar refractivity (Wildman–Crippen MR) is 90.6 cm³/mol. The van der Waals surface area contributed by atoms with Crippen molar-refractivity contribution in [1.29, 1.82) is 5.26 Å². The highest BCUT2D eigenvalue weighted by atomic mass is 19.1. The molecule has 0 unspecified atom stereocenters. The highest BCUT2D eigenvalue weighted by Crippen LogP contribution is 2.23. The van der Waals surface area contributed by atoms with E-state index in [9.17, 15) is 4.39 Å². The number of aromatic nitrogens is 1. The van der Waals surface area contributed by atoms with Gasteiger partial charge >= 0.3 is 0 Å². The van der Waals surface area contributed by atoms with Gasteiger partial charge in [-0.2, -0.15) is 10.4 Å². The molecule has 0 atom stereocenters. The molecule has 0 radical (unpaired) electrons. The monoisotopic (exact) mass is 338 g/mol. The maximum atomic E-state index is 13.0. The van der Waals surface area contributed by atoms with Gasteiger partial charge in [-0.25, -0.2) is 14.8 Å². The van der Waals surface area contributed by atoms with E-state index in [0.717, 1.165) is 5.56 Å². The molecule has 7 heteroatoms. The third-order valence-electron chi connectivity index (χ3n) is 3.36. The van der Waals surface area contributed by atoms with Crippen LogP contribution >= 0.6 is 0 Å². The quantitative estimate of drug-likeness (QED) is 0.546. The van der Waals surface area contributed by atoms with Crippen molar-refractivity contribution in [1.82, 2.24) is 4.98 Å². The summed E-state index contributed by atoms with van der Waals surface area (Å²) in [5.41, 5.74) is 3.56. The fourth-order valence-corrected chi connectivity index (χ4v) is 2.08.